The Morgan fingerprint density at radius 3 is 2.33 bits per heavy atom. The number of halogens is 1. The molecule has 2 fully saturated rings. The Bertz CT molecular complexity index is 2440. The molecule has 49 heavy (non-hydrogen) atoms. The van der Waals surface area contributed by atoms with Gasteiger partial charge in [-0.25, -0.2) is 18.2 Å². The number of hydrogen-bond acceptors (Lipinski definition) is 9. The lowest BCUT2D eigenvalue weighted by molar-refractivity contribution is -0.135. The van der Waals surface area contributed by atoms with E-state index < -0.39 is 57.8 Å². The first kappa shape index (κ1) is 31.4. The van der Waals surface area contributed by atoms with E-state index in [-0.39, 0.29) is 40.9 Å². The average molecular weight is 688 g/mol. The number of phenolic OH excluding ortho intramolecular Hbond substituents is 1. The van der Waals surface area contributed by atoms with Gasteiger partial charge in [0.1, 0.15) is 24.0 Å². The molecular weight excluding hydrogens is 661 g/mol. The topological polar surface area (TPSA) is 201 Å². The summed E-state index contributed by atoms with van der Waals surface area (Å²) in [5, 5.41) is 18.8. The van der Waals surface area contributed by atoms with Gasteiger partial charge in [-0.1, -0.05) is 0 Å². The lowest BCUT2D eigenvalue weighted by Gasteiger charge is -2.21. The molecule has 0 radical (unpaired) electrons. The number of rotatable bonds is 6. The highest BCUT2D eigenvalue weighted by molar-refractivity contribution is 7.92. The molecule has 2 aliphatic rings. The molecule has 1 unspecified atom stereocenters. The lowest BCUT2D eigenvalue weighted by atomic mass is 10.1. The van der Waals surface area contributed by atoms with Crippen LogP contribution >= 0.6 is 0 Å². The summed E-state index contributed by atoms with van der Waals surface area (Å²) in [6, 6.07) is 16.2. The fraction of sp³-hybridized carbons (Fsp3) is 0.156. The highest BCUT2D eigenvalue weighted by atomic mass is 32.2. The highest BCUT2D eigenvalue weighted by Gasteiger charge is 2.38. The number of aromatic hydroxyl groups is 1. The predicted molar refractivity (Wildman–Crippen MR) is 176 cm³/mol. The number of imide groups is 1. The van der Waals surface area contributed by atoms with Crippen molar-refractivity contribution in [2.24, 2.45) is 7.05 Å². The van der Waals surface area contributed by atoms with Gasteiger partial charge in [0, 0.05) is 41.5 Å². The maximum Gasteiger partial charge on any atom is 0.329 e. The van der Waals surface area contributed by atoms with Crippen molar-refractivity contribution in [3.8, 4) is 5.75 Å². The van der Waals surface area contributed by atoms with Crippen LogP contribution in [0, 0.1) is 5.82 Å². The first-order valence-corrected chi connectivity index (χ1v) is 16.3. The Morgan fingerprint density at radius 2 is 1.63 bits per heavy atom. The van der Waals surface area contributed by atoms with Crippen molar-refractivity contribution in [1.82, 2.24) is 19.2 Å². The summed E-state index contributed by atoms with van der Waals surface area (Å²) in [5.41, 5.74) is 1.92. The standard InChI is InChI=1S/C32H26FN7O8S/c1-38-24-14-20(7-9-22(24)40(32(38)46)23-10-11-26(42)36-31(23)45)34-18-4-2-16(3-5-18)30(44)35-19-6-8-21-17(12-19)13-25(41)29(28(21)33)39-15-27(43)37-49(39,47)48/h2-9,12-14,23,34,41H,10-11,15H2,1H3,(H,35,44)(H,37,43)(H,36,42,45). The van der Waals surface area contributed by atoms with Gasteiger partial charge in [-0.15, -0.1) is 0 Å². The Hall–Kier alpha value is -6.23. The highest BCUT2D eigenvalue weighted by Crippen LogP contribution is 2.39. The van der Waals surface area contributed by atoms with Crippen molar-refractivity contribution in [3.63, 3.8) is 0 Å². The van der Waals surface area contributed by atoms with E-state index in [4.69, 9.17) is 0 Å². The molecule has 0 spiro atoms. The van der Waals surface area contributed by atoms with Gasteiger partial charge in [0.15, 0.2) is 5.82 Å². The Morgan fingerprint density at radius 1 is 0.918 bits per heavy atom. The number of carbonyl (C=O) groups is 4. The number of anilines is 4. The Labute approximate surface area is 276 Å². The van der Waals surface area contributed by atoms with Crippen LogP contribution in [0.4, 0.5) is 27.1 Å². The normalized spacial score (nSPS) is 17.3. The minimum absolute atomic E-state index is 0.0402. The lowest BCUT2D eigenvalue weighted by Crippen LogP contribution is -2.44. The first-order valence-electron chi connectivity index (χ1n) is 14.8. The van der Waals surface area contributed by atoms with Gasteiger partial charge in [0.2, 0.25) is 11.8 Å². The molecule has 7 rings (SSSR count). The zero-order valence-electron chi connectivity index (χ0n) is 25.5. The number of phenols is 1. The fourth-order valence-corrected chi connectivity index (χ4v) is 7.21. The van der Waals surface area contributed by atoms with Crippen LogP contribution in [-0.4, -0.2) is 52.8 Å². The summed E-state index contributed by atoms with van der Waals surface area (Å²) in [6.45, 7) is -0.683. The average Bonchev–Trinajstić information content (AvgIpc) is 3.46. The summed E-state index contributed by atoms with van der Waals surface area (Å²) < 4.78 is 44.8. The molecule has 2 aliphatic heterocycles. The molecule has 1 aromatic heterocycles. The monoisotopic (exact) mass is 687 g/mol. The molecule has 4 aromatic carbocycles. The van der Waals surface area contributed by atoms with Crippen LogP contribution in [0.25, 0.3) is 21.8 Å². The number of aryl methyl sites for hydroxylation is 1. The molecule has 4 amide bonds. The molecule has 1 atom stereocenters. The van der Waals surface area contributed by atoms with Gasteiger partial charge in [-0.05, 0) is 78.5 Å². The zero-order valence-corrected chi connectivity index (χ0v) is 26.3. The molecule has 0 bridgehead atoms. The second-order valence-corrected chi connectivity index (χ2v) is 13.2. The number of nitrogens with zero attached hydrogens (tertiary/aromatic N) is 3. The molecule has 17 heteroatoms. The van der Waals surface area contributed by atoms with Gasteiger partial charge >= 0.3 is 15.9 Å². The first-order chi connectivity index (χ1) is 23.3. The number of carbonyl (C=O) groups excluding carboxylic acids is 4. The van der Waals surface area contributed by atoms with Crippen molar-refractivity contribution in [2.75, 3.05) is 21.5 Å². The van der Waals surface area contributed by atoms with E-state index >= 15 is 4.39 Å². The SMILES string of the molecule is Cn1c(=O)n(C2CCC(=O)NC2=O)c2ccc(Nc3ccc(C(=O)Nc4ccc5c(F)c(N6CC(=O)NS6(=O)=O)c(O)cc5c4)cc3)cc21. The van der Waals surface area contributed by atoms with Crippen LogP contribution < -0.4 is 30.7 Å². The molecular formula is C32H26FN7O8S. The summed E-state index contributed by atoms with van der Waals surface area (Å²) in [7, 11) is -2.76. The molecule has 5 N–H and O–H groups in total. The predicted octanol–water partition coefficient (Wildman–Crippen LogP) is 2.49. The minimum Gasteiger partial charge on any atom is -0.506 e. The maximum atomic E-state index is 15.4. The minimum atomic E-state index is -4.36. The van der Waals surface area contributed by atoms with Crippen LogP contribution in [0.1, 0.15) is 29.2 Å². The number of amides is 4. The largest absolute Gasteiger partial charge is 0.506 e. The number of nitrogens with one attached hydrogen (secondary N) is 4. The molecule has 250 valence electrons. The van der Waals surface area contributed by atoms with Gasteiger partial charge in [0.25, 0.3) is 11.8 Å². The van der Waals surface area contributed by atoms with Crippen molar-refractivity contribution in [1.29, 1.82) is 0 Å². The van der Waals surface area contributed by atoms with Crippen molar-refractivity contribution < 1.29 is 37.1 Å². The molecule has 5 aromatic rings. The quantitative estimate of drug-likeness (QED) is 0.166. The van der Waals surface area contributed by atoms with Crippen LogP contribution in [0.5, 0.6) is 5.75 Å². The summed E-state index contributed by atoms with van der Waals surface area (Å²) in [4.78, 5) is 61.7. The molecule has 2 saturated heterocycles. The Kier molecular flexibility index (Phi) is 7.35. The van der Waals surface area contributed by atoms with Crippen molar-refractivity contribution >= 4 is 78.4 Å². The van der Waals surface area contributed by atoms with E-state index in [2.05, 4.69) is 16.0 Å². The van der Waals surface area contributed by atoms with Crippen LogP contribution in [0.15, 0.2) is 71.5 Å². The smallest absolute Gasteiger partial charge is 0.329 e. The van der Waals surface area contributed by atoms with Crippen LogP contribution in [-0.2, 0) is 31.6 Å². The van der Waals surface area contributed by atoms with Gasteiger partial charge in [0.05, 0.1) is 11.0 Å². The van der Waals surface area contributed by atoms with E-state index in [1.165, 1.54) is 27.3 Å². The molecule has 3 heterocycles. The zero-order chi connectivity index (χ0) is 34.8. The number of hydrogen-bond donors (Lipinski definition) is 5. The van der Waals surface area contributed by atoms with Gasteiger partial charge < -0.3 is 15.7 Å². The van der Waals surface area contributed by atoms with E-state index in [0.29, 0.717) is 32.3 Å². The third-order valence-corrected chi connectivity index (χ3v) is 9.78. The van der Waals surface area contributed by atoms with E-state index in [0.717, 1.165) is 6.07 Å². The molecule has 15 nitrogen and oxygen atoms in total. The second-order valence-electron chi connectivity index (χ2n) is 11.6. The molecule has 0 saturated carbocycles. The number of piperidine rings is 1. The van der Waals surface area contributed by atoms with Gasteiger partial charge in [-0.3, -0.25) is 33.6 Å². The summed E-state index contributed by atoms with van der Waals surface area (Å²) >= 11 is 0. The number of aromatic nitrogens is 2. The molecule has 0 aliphatic carbocycles. The van der Waals surface area contributed by atoms with Crippen molar-refractivity contribution in [2.45, 2.75) is 18.9 Å². The van der Waals surface area contributed by atoms with E-state index in [9.17, 15) is 37.5 Å². The maximum absolute atomic E-state index is 15.4. The number of benzene rings is 4. The van der Waals surface area contributed by atoms with Crippen molar-refractivity contribution in [3.05, 3.63) is 88.6 Å². The fourth-order valence-electron chi connectivity index (χ4n) is 6.04. The Balaban J connectivity index is 1.07. The third kappa shape index (κ3) is 5.48. The van der Waals surface area contributed by atoms with Crippen LogP contribution in [0.2, 0.25) is 0 Å². The van der Waals surface area contributed by atoms with E-state index in [1.54, 1.807) is 54.2 Å². The third-order valence-electron chi connectivity index (χ3n) is 8.41. The van der Waals surface area contributed by atoms with Crippen LogP contribution in [0.3, 0.4) is 0 Å². The summed E-state index contributed by atoms with van der Waals surface area (Å²) in [6.07, 6.45) is 0.362. The number of fused-ring (bicyclic) bond motifs is 2. The summed E-state index contributed by atoms with van der Waals surface area (Å²) in [5.74, 6) is -3.99. The van der Waals surface area contributed by atoms with E-state index in [1.807, 2.05) is 0 Å². The van der Waals surface area contributed by atoms with Gasteiger partial charge in [-0.2, -0.15) is 8.42 Å². The number of imidazole rings is 1. The second kappa shape index (κ2) is 11.5.